The van der Waals surface area contributed by atoms with E-state index in [4.69, 9.17) is 27.0 Å². The number of hydrogen-bond acceptors (Lipinski definition) is 10. The van der Waals surface area contributed by atoms with Gasteiger partial charge in [-0.2, -0.15) is 8.42 Å². The summed E-state index contributed by atoms with van der Waals surface area (Å²) in [5.74, 6) is 2.38. The van der Waals surface area contributed by atoms with Crippen LogP contribution in [0.4, 0.5) is 0 Å². The number of phenolic OH excluding ortho intramolecular Hbond substituents is 2. The third-order valence-corrected chi connectivity index (χ3v) is 12.3. The predicted octanol–water partition coefficient (Wildman–Crippen LogP) is -2.38. The van der Waals surface area contributed by atoms with Gasteiger partial charge in [-0.15, -0.1) is 0 Å². The average Bonchev–Trinajstić information content (AvgIpc) is 3.56. The van der Waals surface area contributed by atoms with Crippen LogP contribution in [0.5, 0.6) is 23.0 Å². The number of ether oxygens (including phenoxy) is 2. The second-order valence-corrected chi connectivity index (χ2v) is 15.2. The summed E-state index contributed by atoms with van der Waals surface area (Å²) in [6.45, 7) is 2.02. The highest BCUT2D eigenvalue weighted by Gasteiger charge is 2.65. The summed E-state index contributed by atoms with van der Waals surface area (Å²) in [7, 11) is -0.291. The maximum absolute atomic E-state index is 10.4. The monoisotopic (exact) mass is 758 g/mol. The molecule has 10 rings (SSSR count). The van der Waals surface area contributed by atoms with Gasteiger partial charge in [-0.25, -0.2) is 0 Å². The quantitative estimate of drug-likeness (QED) is 0.121. The first kappa shape index (κ1) is 43.0. The summed E-state index contributed by atoms with van der Waals surface area (Å²) in [5.41, 5.74) is 4.58. The van der Waals surface area contributed by atoms with E-state index >= 15 is 0 Å². The van der Waals surface area contributed by atoms with Crippen LogP contribution in [0, 0.1) is 11.8 Å². The Morgan fingerprint density at radius 1 is 0.654 bits per heavy atom. The van der Waals surface area contributed by atoms with Gasteiger partial charge in [-0.1, -0.05) is 36.4 Å². The highest BCUT2D eigenvalue weighted by atomic mass is 32.3. The van der Waals surface area contributed by atoms with E-state index in [2.05, 4.69) is 36.0 Å². The first-order chi connectivity index (χ1) is 22.3. The summed E-state index contributed by atoms with van der Waals surface area (Å²) in [4.78, 5) is 4.87. The number of rotatable bonds is 0. The molecular formula is C34H50N2O15S. The molecule has 4 aliphatic carbocycles. The number of piperidine rings is 2. The van der Waals surface area contributed by atoms with Gasteiger partial charge in [0, 0.05) is 45.9 Å². The first-order valence-electron chi connectivity index (χ1n) is 16.1. The molecule has 4 heterocycles. The van der Waals surface area contributed by atoms with Crippen molar-refractivity contribution in [3.8, 4) is 23.0 Å². The van der Waals surface area contributed by atoms with Crippen molar-refractivity contribution in [2.75, 3.05) is 27.2 Å². The molecule has 0 amide bonds. The molecule has 4 bridgehead atoms. The topological polar surface area (TPSA) is 338 Å². The number of phenols is 2. The van der Waals surface area contributed by atoms with Crippen molar-refractivity contribution in [1.29, 1.82) is 0 Å². The summed E-state index contributed by atoms with van der Waals surface area (Å²) >= 11 is 0. The fourth-order valence-corrected chi connectivity index (χ4v) is 10.5. The fourth-order valence-electron chi connectivity index (χ4n) is 10.5. The molecule has 10 atom stereocenters. The molecule has 2 aromatic carbocycles. The van der Waals surface area contributed by atoms with E-state index in [-0.39, 0.29) is 61.9 Å². The molecule has 4 aliphatic heterocycles. The molecule has 2 spiro atoms. The Bertz CT molecular complexity index is 1700. The van der Waals surface area contributed by atoms with E-state index in [1.54, 1.807) is 12.1 Å². The fraction of sp³-hybridized carbons (Fsp3) is 0.529. The Morgan fingerprint density at radius 3 is 1.35 bits per heavy atom. The van der Waals surface area contributed by atoms with Crippen LogP contribution in [0.25, 0.3) is 0 Å². The van der Waals surface area contributed by atoms with Crippen molar-refractivity contribution in [2.24, 2.45) is 11.8 Å². The van der Waals surface area contributed by atoms with Crippen molar-refractivity contribution in [3.05, 3.63) is 70.8 Å². The molecule has 292 valence electrons. The van der Waals surface area contributed by atoms with Crippen LogP contribution in [0.1, 0.15) is 35.1 Å². The number of nitrogens with zero attached hydrogens (tertiary/aromatic N) is 2. The number of benzene rings is 2. The number of likely N-dealkylation sites (tertiary alicyclic amines) is 2. The highest BCUT2D eigenvalue weighted by Crippen LogP contribution is 2.63. The van der Waals surface area contributed by atoms with E-state index < -0.39 is 22.6 Å². The van der Waals surface area contributed by atoms with Gasteiger partial charge >= 0.3 is 10.4 Å². The average molecular weight is 759 g/mol. The predicted molar refractivity (Wildman–Crippen MR) is 187 cm³/mol. The molecule has 0 radical (unpaired) electrons. The molecule has 2 aromatic rings. The number of aliphatic hydroxyl groups is 2. The SMILES string of the molecule is CN1CC[C@]23c4c5ccc(O)c4O[C@H]2C(O)C=C[C@H]3[C@H]1C5.CN1CC[C@]23c4c5ccc(O)c4O[C@H]2C(O)C=C[C@H]3[C@H]1C5.O.O.O.O.O.O=S(=O)(O)O. The summed E-state index contributed by atoms with van der Waals surface area (Å²) in [5, 5.41) is 41.3. The van der Waals surface area contributed by atoms with E-state index in [0.29, 0.717) is 35.4 Å². The van der Waals surface area contributed by atoms with E-state index in [1.807, 2.05) is 24.3 Å². The smallest absolute Gasteiger partial charge is 0.394 e. The number of aliphatic hydroxyl groups excluding tert-OH is 2. The normalized spacial score (nSPS) is 35.5. The van der Waals surface area contributed by atoms with E-state index in [1.165, 1.54) is 22.3 Å². The minimum atomic E-state index is -4.67. The molecule has 2 unspecified atom stereocenters. The second kappa shape index (κ2) is 14.5. The van der Waals surface area contributed by atoms with Crippen LogP contribution in [-0.2, 0) is 34.1 Å². The lowest BCUT2D eigenvalue weighted by molar-refractivity contribution is -0.0453. The van der Waals surface area contributed by atoms with Crippen LogP contribution in [0.3, 0.4) is 0 Å². The zero-order valence-electron chi connectivity index (χ0n) is 28.6. The molecule has 17 nitrogen and oxygen atoms in total. The number of aromatic hydroxyl groups is 2. The van der Waals surface area contributed by atoms with Crippen LogP contribution >= 0.6 is 0 Å². The maximum Gasteiger partial charge on any atom is 0.394 e. The first-order valence-corrected chi connectivity index (χ1v) is 17.5. The molecule has 18 heteroatoms. The summed E-state index contributed by atoms with van der Waals surface area (Å²) < 4.78 is 43.8. The van der Waals surface area contributed by atoms with Gasteiger partial charge in [0.1, 0.15) is 24.4 Å². The Labute approximate surface area is 300 Å². The Kier molecular flexibility index (Phi) is 12.0. The lowest BCUT2D eigenvalue weighted by Gasteiger charge is -2.56. The van der Waals surface area contributed by atoms with Gasteiger partial charge in [0.25, 0.3) is 0 Å². The summed E-state index contributed by atoms with van der Waals surface area (Å²) in [6.07, 6.45) is 10.4. The lowest BCUT2D eigenvalue weighted by atomic mass is 9.53. The van der Waals surface area contributed by atoms with Gasteiger partial charge < -0.3 is 67.1 Å². The molecule has 8 aliphatic rings. The molecular weight excluding hydrogens is 708 g/mol. The van der Waals surface area contributed by atoms with Crippen LogP contribution in [0.15, 0.2) is 48.6 Å². The van der Waals surface area contributed by atoms with E-state index in [0.717, 1.165) is 38.8 Å². The number of likely N-dealkylation sites (N-methyl/N-ethyl adjacent to an activating group) is 2. The highest BCUT2D eigenvalue weighted by molar-refractivity contribution is 7.79. The van der Waals surface area contributed by atoms with Crippen molar-refractivity contribution >= 4 is 10.4 Å². The molecule has 0 saturated carbocycles. The molecule has 16 N–H and O–H groups in total. The van der Waals surface area contributed by atoms with Crippen molar-refractivity contribution in [3.63, 3.8) is 0 Å². The van der Waals surface area contributed by atoms with Gasteiger partial charge in [0.05, 0.1) is 0 Å². The Hall–Kier alpha value is -3.37. The van der Waals surface area contributed by atoms with Gasteiger partial charge in [0.15, 0.2) is 23.0 Å². The molecule has 2 fully saturated rings. The van der Waals surface area contributed by atoms with Gasteiger partial charge in [-0.05, 0) is 76.1 Å². The minimum absolute atomic E-state index is 0. The lowest BCUT2D eigenvalue weighted by Crippen LogP contribution is -2.64. The van der Waals surface area contributed by atoms with Crippen molar-refractivity contribution in [1.82, 2.24) is 9.80 Å². The van der Waals surface area contributed by atoms with Crippen molar-refractivity contribution < 1.29 is 74.8 Å². The van der Waals surface area contributed by atoms with Crippen molar-refractivity contribution in [2.45, 2.75) is 73.0 Å². The zero-order valence-corrected chi connectivity index (χ0v) is 29.4. The standard InChI is InChI=1S/2C17H19NO3.H2O4S.5H2O/c2*1-18-7-6-17-10-3-5-13(20)16(17)21-15-12(19)4-2-9(14(15)17)8-11(10)18;1-5(2,3)4;;;;;/h2*2-5,10-11,13,16,19-20H,6-8H2,1H3;(H2,1,2,3,4);5*1H2/t2*10-,11+,13?,16-,17-;;;;;;/m00....../s1. The van der Waals surface area contributed by atoms with Crippen LogP contribution in [0.2, 0.25) is 0 Å². The Balaban J connectivity index is 0.000000229. The minimum Gasteiger partial charge on any atom is -0.504 e. The third kappa shape index (κ3) is 5.87. The van der Waals surface area contributed by atoms with E-state index in [9.17, 15) is 20.4 Å². The largest absolute Gasteiger partial charge is 0.504 e. The van der Waals surface area contributed by atoms with Crippen LogP contribution < -0.4 is 9.47 Å². The second-order valence-electron chi connectivity index (χ2n) is 14.3. The number of hydrogen-bond donors (Lipinski definition) is 6. The van der Waals surface area contributed by atoms with Gasteiger partial charge in [0.2, 0.25) is 0 Å². The molecule has 2 saturated heterocycles. The Morgan fingerprint density at radius 2 is 1.00 bits per heavy atom. The zero-order chi connectivity index (χ0) is 33.2. The molecule has 0 aromatic heterocycles. The van der Waals surface area contributed by atoms with Crippen LogP contribution in [-0.4, -0.2) is 139 Å². The maximum atomic E-state index is 10.4. The molecule has 52 heavy (non-hydrogen) atoms. The third-order valence-electron chi connectivity index (χ3n) is 12.3. The summed E-state index contributed by atoms with van der Waals surface area (Å²) in [6, 6.07) is 8.45. The van der Waals surface area contributed by atoms with Gasteiger partial charge in [-0.3, -0.25) is 9.11 Å².